The first-order chi connectivity index (χ1) is 10.1. The van der Waals surface area contributed by atoms with Gasteiger partial charge < -0.3 is 17.9 Å². The second-order valence-corrected chi connectivity index (χ2v) is 5.29. The van der Waals surface area contributed by atoms with Gasteiger partial charge in [-0.1, -0.05) is 34.3 Å². The predicted octanol–water partition coefficient (Wildman–Crippen LogP) is 1.12. The van der Waals surface area contributed by atoms with Gasteiger partial charge in [0.15, 0.2) is 11.6 Å². The molecule has 1 aromatic carbocycles. The summed E-state index contributed by atoms with van der Waals surface area (Å²) < 4.78 is 14.1. The Kier molecular flexibility index (Phi) is 5.76. The van der Waals surface area contributed by atoms with Gasteiger partial charge in [-0.25, -0.2) is 14.4 Å². The Morgan fingerprint density at radius 2 is 1.86 bits per heavy atom. The van der Waals surface area contributed by atoms with Gasteiger partial charge >= 0.3 is 29.6 Å². The standard InChI is InChI=1S/C13H7Cl2FN4S.Na/c14-6-1-2-7(11(16)10(6)15)19-13-12-8(17-5-18-13)3-4-9(21)20-12;/h1-5H,(H,20,21)(H,17,18,19);/q;+1/p-1. The minimum absolute atomic E-state index is 0. The van der Waals surface area contributed by atoms with Crippen LogP contribution in [0.15, 0.2) is 35.6 Å². The van der Waals surface area contributed by atoms with E-state index in [2.05, 4.69) is 20.3 Å². The van der Waals surface area contributed by atoms with Crippen LogP contribution in [0.3, 0.4) is 0 Å². The van der Waals surface area contributed by atoms with E-state index in [1.54, 1.807) is 12.1 Å². The van der Waals surface area contributed by atoms with Gasteiger partial charge in [0.05, 0.1) is 21.2 Å². The molecule has 3 aromatic rings. The molecule has 22 heavy (non-hydrogen) atoms. The molecule has 0 bridgehead atoms. The van der Waals surface area contributed by atoms with Gasteiger partial charge in [0.25, 0.3) is 0 Å². The van der Waals surface area contributed by atoms with E-state index < -0.39 is 5.82 Å². The van der Waals surface area contributed by atoms with E-state index in [1.807, 2.05) is 0 Å². The molecule has 0 fully saturated rings. The average molecular weight is 363 g/mol. The van der Waals surface area contributed by atoms with E-state index >= 15 is 0 Å². The summed E-state index contributed by atoms with van der Waals surface area (Å²) in [5.41, 5.74) is 1.19. The summed E-state index contributed by atoms with van der Waals surface area (Å²) in [4.78, 5) is 12.3. The first-order valence-electron chi connectivity index (χ1n) is 5.75. The SMILES string of the molecule is Fc1c(Nc2ncnc3ccc([S-])nc23)ccc(Cl)c1Cl.[Na+]. The van der Waals surface area contributed by atoms with Gasteiger partial charge in [-0.05, 0) is 18.2 Å². The summed E-state index contributed by atoms with van der Waals surface area (Å²) >= 11 is 16.6. The second kappa shape index (κ2) is 7.21. The molecule has 0 spiro atoms. The second-order valence-electron chi connectivity index (χ2n) is 4.09. The van der Waals surface area contributed by atoms with E-state index in [9.17, 15) is 4.39 Å². The molecule has 4 nitrogen and oxygen atoms in total. The third-order valence-electron chi connectivity index (χ3n) is 2.74. The van der Waals surface area contributed by atoms with Crippen molar-refractivity contribution >= 4 is 58.4 Å². The Labute approximate surface area is 163 Å². The molecule has 0 saturated carbocycles. The molecule has 0 radical (unpaired) electrons. The fourth-order valence-corrected chi connectivity index (χ4v) is 2.23. The Bertz CT molecular complexity index is 850. The van der Waals surface area contributed by atoms with Gasteiger partial charge in [0, 0.05) is 0 Å². The maximum Gasteiger partial charge on any atom is 1.00 e. The average Bonchev–Trinajstić information content (AvgIpc) is 2.48. The zero-order valence-electron chi connectivity index (χ0n) is 11.3. The van der Waals surface area contributed by atoms with Crippen LogP contribution in [-0.4, -0.2) is 15.0 Å². The summed E-state index contributed by atoms with van der Waals surface area (Å²) in [5.74, 6) is -0.325. The predicted molar refractivity (Wildman–Crippen MR) is 82.7 cm³/mol. The minimum Gasteiger partial charge on any atom is -0.760 e. The Morgan fingerprint density at radius 1 is 1.09 bits per heavy atom. The normalized spacial score (nSPS) is 10.3. The van der Waals surface area contributed by atoms with E-state index in [0.717, 1.165) is 0 Å². The summed E-state index contributed by atoms with van der Waals surface area (Å²) in [5, 5.41) is 3.21. The molecule has 0 unspecified atom stereocenters. The van der Waals surface area contributed by atoms with Gasteiger partial charge in [-0.15, -0.1) is 0 Å². The number of anilines is 2. The van der Waals surface area contributed by atoms with Gasteiger partial charge in [-0.2, -0.15) is 0 Å². The first kappa shape index (κ1) is 17.6. The minimum atomic E-state index is -0.662. The molecule has 0 atom stereocenters. The van der Waals surface area contributed by atoms with Crippen LogP contribution < -0.4 is 34.9 Å². The number of hydrogen-bond acceptors (Lipinski definition) is 5. The topological polar surface area (TPSA) is 50.7 Å². The monoisotopic (exact) mass is 362 g/mol. The fraction of sp³-hybridized carbons (Fsp3) is 0. The molecule has 2 heterocycles. The maximum absolute atomic E-state index is 14.1. The third kappa shape index (κ3) is 3.42. The first-order valence-corrected chi connectivity index (χ1v) is 6.92. The summed E-state index contributed by atoms with van der Waals surface area (Å²) in [7, 11) is 0. The number of pyridine rings is 1. The number of aromatic nitrogens is 3. The number of hydrogen-bond donors (Lipinski definition) is 1. The largest absolute Gasteiger partial charge is 1.00 e. The number of rotatable bonds is 2. The van der Waals surface area contributed by atoms with Crippen molar-refractivity contribution in [3.63, 3.8) is 0 Å². The van der Waals surface area contributed by atoms with Crippen molar-refractivity contribution in [2.45, 2.75) is 5.03 Å². The molecule has 0 amide bonds. The molecule has 9 heteroatoms. The van der Waals surface area contributed by atoms with Crippen LogP contribution in [-0.2, 0) is 12.6 Å². The van der Waals surface area contributed by atoms with Crippen LogP contribution >= 0.6 is 23.2 Å². The van der Waals surface area contributed by atoms with Crippen molar-refractivity contribution in [2.24, 2.45) is 0 Å². The van der Waals surface area contributed by atoms with E-state index in [-0.39, 0.29) is 45.3 Å². The molecule has 0 aliphatic heterocycles. The number of halogens is 3. The van der Waals surface area contributed by atoms with Crippen LogP contribution in [0.2, 0.25) is 10.0 Å². The van der Waals surface area contributed by atoms with Crippen molar-refractivity contribution in [3.8, 4) is 0 Å². The number of nitrogens with zero attached hydrogens (tertiary/aromatic N) is 3. The Morgan fingerprint density at radius 3 is 2.64 bits per heavy atom. The fourth-order valence-electron chi connectivity index (χ4n) is 1.76. The smallest absolute Gasteiger partial charge is 0.760 e. The van der Waals surface area contributed by atoms with Crippen LogP contribution in [0.4, 0.5) is 15.9 Å². The number of benzene rings is 1. The van der Waals surface area contributed by atoms with E-state index in [4.69, 9.17) is 35.8 Å². The molecular formula is C13H6Cl2FN4NaS. The molecule has 0 saturated heterocycles. The van der Waals surface area contributed by atoms with Crippen LogP contribution in [0.5, 0.6) is 0 Å². The number of fused-ring (bicyclic) bond motifs is 1. The van der Waals surface area contributed by atoms with E-state index in [1.165, 1.54) is 18.5 Å². The van der Waals surface area contributed by atoms with E-state index in [0.29, 0.717) is 21.9 Å². The van der Waals surface area contributed by atoms with Crippen LogP contribution in [0.1, 0.15) is 0 Å². The summed E-state index contributed by atoms with van der Waals surface area (Å²) in [6, 6.07) is 6.34. The third-order valence-corrected chi connectivity index (χ3v) is 3.75. The Hall–Kier alpha value is -0.760. The summed E-state index contributed by atoms with van der Waals surface area (Å²) in [6.45, 7) is 0. The summed E-state index contributed by atoms with van der Waals surface area (Å²) in [6.07, 6.45) is 1.35. The molecule has 0 aliphatic carbocycles. The van der Waals surface area contributed by atoms with Crippen molar-refractivity contribution < 1.29 is 33.9 Å². The zero-order valence-corrected chi connectivity index (χ0v) is 15.6. The molecule has 2 aromatic heterocycles. The quantitative estimate of drug-likeness (QED) is 0.420. The van der Waals surface area contributed by atoms with Gasteiger partial charge in [0.2, 0.25) is 0 Å². The van der Waals surface area contributed by atoms with Gasteiger partial charge in [-0.3, -0.25) is 4.98 Å². The molecule has 0 aliphatic rings. The zero-order chi connectivity index (χ0) is 15.0. The van der Waals surface area contributed by atoms with Gasteiger partial charge in [0.1, 0.15) is 11.8 Å². The van der Waals surface area contributed by atoms with Crippen molar-refractivity contribution in [3.05, 3.63) is 46.5 Å². The van der Waals surface area contributed by atoms with Crippen LogP contribution in [0, 0.1) is 5.82 Å². The number of nitrogens with one attached hydrogen (secondary N) is 1. The molecular weight excluding hydrogens is 357 g/mol. The maximum atomic E-state index is 14.1. The van der Waals surface area contributed by atoms with Crippen molar-refractivity contribution in [2.75, 3.05) is 5.32 Å². The molecule has 1 N–H and O–H groups in total. The van der Waals surface area contributed by atoms with Crippen molar-refractivity contribution in [1.82, 2.24) is 15.0 Å². The Balaban J connectivity index is 0.00000176. The molecule has 106 valence electrons. The molecule has 3 rings (SSSR count). The van der Waals surface area contributed by atoms with Crippen LogP contribution in [0.25, 0.3) is 11.0 Å². The van der Waals surface area contributed by atoms with Crippen molar-refractivity contribution in [1.29, 1.82) is 0 Å².